The van der Waals surface area contributed by atoms with Crippen molar-refractivity contribution in [2.45, 2.75) is 27.7 Å². The molecule has 112 valence electrons. The van der Waals surface area contributed by atoms with Gasteiger partial charge in [0.05, 0.1) is 0 Å². The van der Waals surface area contributed by atoms with Gasteiger partial charge in [0, 0.05) is 6.54 Å². The summed E-state index contributed by atoms with van der Waals surface area (Å²) in [5, 5.41) is 0. The Morgan fingerprint density at radius 2 is 1.76 bits per heavy atom. The Morgan fingerprint density at radius 3 is 2.33 bits per heavy atom. The Labute approximate surface area is 129 Å². The molecule has 1 rings (SSSR count). The van der Waals surface area contributed by atoms with Crippen LogP contribution in [0.1, 0.15) is 33.3 Å². The average Bonchev–Trinajstić information content (AvgIpc) is 2.42. The van der Waals surface area contributed by atoms with Crippen LogP contribution in [0, 0.1) is 5.41 Å². The van der Waals surface area contributed by atoms with Crippen LogP contribution in [0.5, 0.6) is 0 Å². The molecular formula is C20H27N. The predicted molar refractivity (Wildman–Crippen MR) is 95.0 cm³/mol. The van der Waals surface area contributed by atoms with E-state index in [1.165, 1.54) is 16.7 Å². The lowest BCUT2D eigenvalue weighted by atomic mass is 9.85. The molecule has 1 nitrogen and oxygen atoms in total. The predicted octanol–water partition coefficient (Wildman–Crippen LogP) is 5.13. The topological polar surface area (TPSA) is 26.0 Å². The van der Waals surface area contributed by atoms with E-state index in [4.69, 9.17) is 5.73 Å². The zero-order valence-corrected chi connectivity index (χ0v) is 13.6. The molecule has 0 amide bonds. The van der Waals surface area contributed by atoms with Gasteiger partial charge in [-0.15, -0.1) is 0 Å². The van der Waals surface area contributed by atoms with Gasteiger partial charge >= 0.3 is 0 Å². The highest BCUT2D eigenvalue weighted by Gasteiger charge is 2.13. The van der Waals surface area contributed by atoms with Gasteiger partial charge in [-0.1, -0.05) is 93.1 Å². The maximum absolute atomic E-state index is 5.51. The van der Waals surface area contributed by atoms with Crippen molar-refractivity contribution in [3.05, 3.63) is 77.4 Å². The number of nitrogens with two attached hydrogens (primary N) is 1. The van der Waals surface area contributed by atoms with Gasteiger partial charge in [0.25, 0.3) is 0 Å². The standard InChI is InChI=1S/C20H27N/c1-17(15-16-21)9-8-12-19(20(2,3)4)14-13-18-10-6-5-7-11-18/h5-15H,16,21H2,1-4H3/b9-8+,14-13+,17-15+,19-12-. The molecule has 0 atom stereocenters. The van der Waals surface area contributed by atoms with Crippen molar-refractivity contribution < 1.29 is 0 Å². The Bertz CT molecular complexity index is 537. The van der Waals surface area contributed by atoms with Crippen LogP contribution in [0.3, 0.4) is 0 Å². The third-order valence-electron chi connectivity index (χ3n) is 3.20. The van der Waals surface area contributed by atoms with Crippen molar-refractivity contribution in [1.29, 1.82) is 0 Å². The van der Waals surface area contributed by atoms with E-state index < -0.39 is 0 Å². The fourth-order valence-electron chi connectivity index (χ4n) is 1.86. The maximum Gasteiger partial charge on any atom is 0.0112 e. The lowest BCUT2D eigenvalue weighted by Gasteiger charge is -2.20. The van der Waals surface area contributed by atoms with Gasteiger partial charge in [0.1, 0.15) is 0 Å². The van der Waals surface area contributed by atoms with Crippen LogP contribution in [0.4, 0.5) is 0 Å². The fraction of sp³-hybridized carbons (Fsp3) is 0.300. The molecule has 0 aliphatic carbocycles. The first-order valence-corrected chi connectivity index (χ1v) is 7.42. The number of allylic oxidation sites excluding steroid dienone is 6. The molecule has 0 saturated carbocycles. The van der Waals surface area contributed by atoms with Gasteiger partial charge in [-0.05, 0) is 23.5 Å². The van der Waals surface area contributed by atoms with Crippen LogP contribution < -0.4 is 5.73 Å². The lowest BCUT2D eigenvalue weighted by molar-refractivity contribution is 0.517. The first-order valence-electron chi connectivity index (χ1n) is 7.42. The minimum Gasteiger partial charge on any atom is -0.327 e. The van der Waals surface area contributed by atoms with Crippen LogP contribution in [-0.2, 0) is 0 Å². The van der Waals surface area contributed by atoms with Crippen LogP contribution in [-0.4, -0.2) is 6.54 Å². The largest absolute Gasteiger partial charge is 0.327 e. The van der Waals surface area contributed by atoms with Crippen molar-refractivity contribution in [2.24, 2.45) is 11.1 Å². The Kier molecular flexibility index (Phi) is 6.90. The van der Waals surface area contributed by atoms with Crippen molar-refractivity contribution >= 4 is 6.08 Å². The third kappa shape index (κ3) is 6.92. The van der Waals surface area contributed by atoms with E-state index in [9.17, 15) is 0 Å². The van der Waals surface area contributed by atoms with Gasteiger partial charge in [-0.3, -0.25) is 0 Å². The molecule has 2 N–H and O–H groups in total. The second kappa shape index (κ2) is 8.43. The summed E-state index contributed by atoms with van der Waals surface area (Å²) >= 11 is 0. The van der Waals surface area contributed by atoms with Gasteiger partial charge in [-0.25, -0.2) is 0 Å². The molecule has 0 saturated heterocycles. The SMILES string of the molecule is CC(/C=C/C=C(/C=C/c1ccccc1)C(C)(C)C)=C\CN. The Hall–Kier alpha value is -1.86. The van der Waals surface area contributed by atoms with Crippen LogP contribution >= 0.6 is 0 Å². The summed E-state index contributed by atoms with van der Waals surface area (Å²) in [6, 6.07) is 10.4. The molecule has 0 spiro atoms. The average molecular weight is 281 g/mol. The smallest absolute Gasteiger partial charge is 0.0112 e. The van der Waals surface area contributed by atoms with E-state index >= 15 is 0 Å². The first kappa shape index (κ1) is 17.2. The summed E-state index contributed by atoms with van der Waals surface area (Å²) < 4.78 is 0. The van der Waals surface area contributed by atoms with Crippen LogP contribution in [0.15, 0.2) is 71.9 Å². The second-order valence-electron chi connectivity index (χ2n) is 6.16. The fourth-order valence-corrected chi connectivity index (χ4v) is 1.86. The van der Waals surface area contributed by atoms with Crippen molar-refractivity contribution in [3.63, 3.8) is 0 Å². The van der Waals surface area contributed by atoms with Crippen molar-refractivity contribution in [1.82, 2.24) is 0 Å². The molecule has 0 fully saturated rings. The summed E-state index contributed by atoms with van der Waals surface area (Å²) in [6.07, 6.45) is 12.7. The highest BCUT2D eigenvalue weighted by atomic mass is 14.5. The summed E-state index contributed by atoms with van der Waals surface area (Å²) in [4.78, 5) is 0. The quantitative estimate of drug-likeness (QED) is 0.744. The molecule has 0 radical (unpaired) electrons. The molecule has 0 heterocycles. The second-order valence-corrected chi connectivity index (χ2v) is 6.16. The number of hydrogen-bond acceptors (Lipinski definition) is 1. The minimum absolute atomic E-state index is 0.112. The molecule has 0 aromatic heterocycles. The van der Waals surface area contributed by atoms with E-state index in [-0.39, 0.29) is 5.41 Å². The van der Waals surface area contributed by atoms with E-state index in [0.29, 0.717) is 6.54 Å². The molecule has 0 unspecified atom stereocenters. The molecule has 1 heteroatoms. The van der Waals surface area contributed by atoms with E-state index in [2.05, 4.69) is 82.3 Å². The maximum atomic E-state index is 5.51. The van der Waals surface area contributed by atoms with E-state index in [1.54, 1.807) is 0 Å². The van der Waals surface area contributed by atoms with E-state index in [0.717, 1.165) is 0 Å². The molecule has 0 aliphatic rings. The molecule has 0 aliphatic heterocycles. The Morgan fingerprint density at radius 1 is 1.10 bits per heavy atom. The molecular weight excluding hydrogens is 254 g/mol. The Balaban J connectivity index is 2.92. The van der Waals surface area contributed by atoms with Crippen LogP contribution in [0.2, 0.25) is 0 Å². The molecule has 0 bridgehead atoms. The lowest BCUT2D eigenvalue weighted by Crippen LogP contribution is -2.07. The van der Waals surface area contributed by atoms with Gasteiger partial charge in [0.15, 0.2) is 0 Å². The minimum atomic E-state index is 0.112. The number of rotatable bonds is 5. The zero-order chi connectivity index (χ0) is 15.7. The van der Waals surface area contributed by atoms with Crippen LogP contribution in [0.25, 0.3) is 6.08 Å². The van der Waals surface area contributed by atoms with Crippen molar-refractivity contribution in [2.75, 3.05) is 6.54 Å². The normalized spacial score (nSPS) is 14.3. The molecule has 1 aromatic rings. The molecule has 1 aromatic carbocycles. The van der Waals surface area contributed by atoms with Crippen molar-refractivity contribution in [3.8, 4) is 0 Å². The highest BCUT2D eigenvalue weighted by molar-refractivity contribution is 5.53. The summed E-state index contributed by atoms with van der Waals surface area (Å²) in [7, 11) is 0. The number of hydrogen-bond donors (Lipinski definition) is 1. The monoisotopic (exact) mass is 281 g/mol. The van der Waals surface area contributed by atoms with Gasteiger partial charge in [0.2, 0.25) is 0 Å². The summed E-state index contributed by atoms with van der Waals surface area (Å²) in [5.41, 5.74) is 9.32. The highest BCUT2D eigenvalue weighted by Crippen LogP contribution is 2.27. The summed E-state index contributed by atoms with van der Waals surface area (Å²) in [5.74, 6) is 0. The van der Waals surface area contributed by atoms with Gasteiger partial charge in [-0.2, -0.15) is 0 Å². The summed E-state index contributed by atoms with van der Waals surface area (Å²) in [6.45, 7) is 9.33. The van der Waals surface area contributed by atoms with E-state index in [1.807, 2.05) is 12.1 Å². The third-order valence-corrected chi connectivity index (χ3v) is 3.20. The first-order chi connectivity index (χ1) is 9.93. The van der Waals surface area contributed by atoms with Gasteiger partial charge < -0.3 is 5.73 Å². The number of benzene rings is 1. The molecule has 21 heavy (non-hydrogen) atoms. The zero-order valence-electron chi connectivity index (χ0n) is 13.6.